The van der Waals surface area contributed by atoms with E-state index in [1.807, 2.05) is 18.7 Å². The van der Waals surface area contributed by atoms with Crippen molar-refractivity contribution in [2.24, 2.45) is 10.8 Å². The first-order valence-electron chi connectivity index (χ1n) is 10.7. The highest BCUT2D eigenvalue weighted by Gasteiger charge is 2.61. The van der Waals surface area contributed by atoms with Crippen molar-refractivity contribution in [3.05, 3.63) is 29.7 Å². The van der Waals surface area contributed by atoms with Crippen molar-refractivity contribution in [2.45, 2.75) is 70.4 Å². The van der Waals surface area contributed by atoms with Gasteiger partial charge in [-0.25, -0.2) is 4.39 Å². The number of fused-ring (bicyclic) bond motifs is 1. The molecule has 4 bridgehead atoms. The molecular weight excluding hydrogens is 381 g/mol. The molecule has 4 aliphatic rings. The Hall–Kier alpha value is -2.55. The van der Waals surface area contributed by atoms with Crippen molar-refractivity contribution in [1.82, 2.24) is 9.88 Å². The maximum absolute atomic E-state index is 15.1. The lowest BCUT2D eigenvalue weighted by molar-refractivity contribution is -0.167. The highest BCUT2D eigenvalue weighted by Crippen LogP contribution is 2.61. The van der Waals surface area contributed by atoms with E-state index < -0.39 is 11.2 Å². The number of nitrogens with one attached hydrogen (secondary N) is 1. The van der Waals surface area contributed by atoms with Gasteiger partial charge in [0.2, 0.25) is 5.91 Å². The van der Waals surface area contributed by atoms with Crippen LogP contribution in [-0.4, -0.2) is 35.0 Å². The summed E-state index contributed by atoms with van der Waals surface area (Å²) in [5.74, 6) is -0.246. The van der Waals surface area contributed by atoms with Gasteiger partial charge in [0.15, 0.2) is 11.6 Å². The van der Waals surface area contributed by atoms with Crippen LogP contribution in [-0.2, 0) is 10.2 Å². The van der Waals surface area contributed by atoms with Gasteiger partial charge in [0.1, 0.15) is 0 Å². The van der Waals surface area contributed by atoms with Crippen molar-refractivity contribution >= 4 is 16.8 Å². The van der Waals surface area contributed by atoms with E-state index >= 15 is 4.39 Å². The molecule has 30 heavy (non-hydrogen) atoms. The number of carbonyl (C=O) groups is 1. The Morgan fingerprint density at radius 3 is 2.57 bits per heavy atom. The zero-order valence-corrected chi connectivity index (χ0v) is 18.0. The van der Waals surface area contributed by atoms with Gasteiger partial charge in [-0.05, 0) is 69.1 Å². The standard InChI is InChI=1S/C24H28FN3O2/c1-22(2,16-11-27-17-5-6-18(30-4)20(25)19(16)17)21(29)28-14-7-23(3)8-15(28)10-24(9-14,12-23)13-26/h5-6,11,14-15,27H,7-10,12H2,1-4H3. The van der Waals surface area contributed by atoms with Gasteiger partial charge in [-0.15, -0.1) is 0 Å². The third kappa shape index (κ3) is 2.47. The molecule has 1 aromatic heterocycles. The number of hydrogen-bond acceptors (Lipinski definition) is 3. The van der Waals surface area contributed by atoms with Crippen LogP contribution in [0.1, 0.15) is 58.4 Å². The van der Waals surface area contributed by atoms with Gasteiger partial charge >= 0.3 is 0 Å². The molecule has 2 aromatic rings. The fourth-order valence-electron chi connectivity index (χ4n) is 6.86. The molecule has 6 heteroatoms. The molecule has 2 atom stereocenters. The van der Waals surface area contributed by atoms with E-state index in [9.17, 15) is 10.1 Å². The number of carbonyl (C=O) groups excluding carboxylic acids is 1. The number of aromatic amines is 1. The van der Waals surface area contributed by atoms with E-state index in [0.717, 1.165) is 32.1 Å². The molecule has 0 spiro atoms. The van der Waals surface area contributed by atoms with Crippen LogP contribution in [0.2, 0.25) is 0 Å². The predicted molar refractivity (Wildman–Crippen MR) is 111 cm³/mol. The summed E-state index contributed by atoms with van der Waals surface area (Å²) < 4.78 is 20.3. The normalized spacial score (nSPS) is 32.5. The minimum atomic E-state index is -0.901. The van der Waals surface area contributed by atoms with Gasteiger partial charge in [-0.3, -0.25) is 4.79 Å². The van der Waals surface area contributed by atoms with E-state index in [-0.39, 0.29) is 34.6 Å². The molecular formula is C24H28FN3O2. The highest BCUT2D eigenvalue weighted by atomic mass is 19.1. The Kier molecular flexibility index (Phi) is 3.88. The Morgan fingerprint density at radius 2 is 1.97 bits per heavy atom. The van der Waals surface area contributed by atoms with Crippen LogP contribution in [0.3, 0.4) is 0 Å². The lowest BCUT2D eigenvalue weighted by Crippen LogP contribution is -2.67. The molecule has 2 saturated heterocycles. The number of aromatic nitrogens is 1. The average molecular weight is 410 g/mol. The van der Waals surface area contributed by atoms with E-state index in [4.69, 9.17) is 4.74 Å². The fourth-order valence-corrected chi connectivity index (χ4v) is 6.86. The number of ether oxygens (including phenoxy) is 1. The summed E-state index contributed by atoms with van der Waals surface area (Å²) in [6.07, 6.45) is 6.11. The highest BCUT2D eigenvalue weighted by molar-refractivity contribution is 5.96. The van der Waals surface area contributed by atoms with E-state index in [1.165, 1.54) is 7.11 Å². The fraction of sp³-hybridized carbons (Fsp3) is 0.583. The van der Waals surface area contributed by atoms with Crippen molar-refractivity contribution in [3.8, 4) is 11.8 Å². The topological polar surface area (TPSA) is 69.1 Å². The Balaban J connectivity index is 1.55. The summed E-state index contributed by atoms with van der Waals surface area (Å²) in [4.78, 5) is 19.1. The molecule has 0 radical (unpaired) electrons. The number of nitrogens with zero attached hydrogens (tertiary/aromatic N) is 2. The first-order chi connectivity index (χ1) is 14.1. The number of piperidine rings is 2. The summed E-state index contributed by atoms with van der Waals surface area (Å²) >= 11 is 0. The molecule has 4 fully saturated rings. The molecule has 5 nitrogen and oxygen atoms in total. The summed E-state index contributed by atoms with van der Waals surface area (Å²) in [7, 11) is 1.44. The van der Waals surface area contributed by atoms with Crippen molar-refractivity contribution < 1.29 is 13.9 Å². The SMILES string of the molecule is COc1ccc2[nH]cc(C(C)(C)C(=O)N3C4CC5(C)CC3CC(C#N)(C4)C5)c2c1F. The van der Waals surface area contributed by atoms with Gasteiger partial charge in [-0.2, -0.15) is 5.26 Å². The summed E-state index contributed by atoms with van der Waals surface area (Å²) in [5.41, 5.74) is 0.251. The lowest BCUT2D eigenvalue weighted by Gasteiger charge is -2.64. The third-order valence-corrected chi connectivity index (χ3v) is 7.91. The average Bonchev–Trinajstić information content (AvgIpc) is 3.12. The molecule has 1 aromatic carbocycles. The van der Waals surface area contributed by atoms with Crippen LogP contribution in [0.4, 0.5) is 4.39 Å². The maximum atomic E-state index is 15.1. The van der Waals surface area contributed by atoms with Crippen LogP contribution >= 0.6 is 0 Å². The van der Waals surface area contributed by atoms with E-state index in [2.05, 4.69) is 18.0 Å². The number of hydrogen-bond donors (Lipinski definition) is 1. The second-order valence-electron chi connectivity index (χ2n) is 10.5. The number of methoxy groups -OCH3 is 1. The summed E-state index contributed by atoms with van der Waals surface area (Å²) in [6, 6.07) is 6.15. The summed E-state index contributed by atoms with van der Waals surface area (Å²) in [6.45, 7) is 6.03. The zero-order chi connectivity index (χ0) is 21.5. The molecule has 6 rings (SSSR count). The zero-order valence-electron chi connectivity index (χ0n) is 18.0. The van der Waals surface area contributed by atoms with Gasteiger partial charge in [0, 0.05) is 29.2 Å². The number of rotatable bonds is 3. The Labute approximate surface area is 176 Å². The van der Waals surface area contributed by atoms with Crippen LogP contribution in [0.25, 0.3) is 10.9 Å². The first-order valence-corrected chi connectivity index (χ1v) is 10.7. The minimum absolute atomic E-state index is 0.0242. The molecule has 2 aliphatic heterocycles. The number of H-pyrrole nitrogens is 1. The second-order valence-corrected chi connectivity index (χ2v) is 10.5. The van der Waals surface area contributed by atoms with Crippen LogP contribution in [0, 0.1) is 28.0 Å². The minimum Gasteiger partial charge on any atom is -0.494 e. The van der Waals surface area contributed by atoms with Crippen LogP contribution in [0.5, 0.6) is 5.75 Å². The summed E-state index contributed by atoms with van der Waals surface area (Å²) in [5, 5.41) is 10.3. The Morgan fingerprint density at radius 1 is 1.30 bits per heavy atom. The quantitative estimate of drug-likeness (QED) is 0.801. The number of halogens is 1. The van der Waals surface area contributed by atoms with Crippen LogP contribution < -0.4 is 4.74 Å². The van der Waals surface area contributed by atoms with Gasteiger partial charge in [-0.1, -0.05) is 6.92 Å². The maximum Gasteiger partial charge on any atom is 0.233 e. The number of benzene rings is 1. The molecule has 1 N–H and O–H groups in total. The molecule has 1 amide bonds. The monoisotopic (exact) mass is 409 g/mol. The molecule has 2 saturated carbocycles. The number of amides is 1. The lowest BCUT2D eigenvalue weighted by atomic mass is 9.50. The van der Waals surface area contributed by atoms with Crippen molar-refractivity contribution in [3.63, 3.8) is 0 Å². The third-order valence-electron chi connectivity index (χ3n) is 7.91. The smallest absolute Gasteiger partial charge is 0.233 e. The van der Waals surface area contributed by atoms with Gasteiger partial charge < -0.3 is 14.6 Å². The van der Waals surface area contributed by atoms with Crippen LogP contribution in [0.15, 0.2) is 18.3 Å². The molecule has 2 unspecified atom stereocenters. The van der Waals surface area contributed by atoms with Gasteiger partial charge in [0.25, 0.3) is 0 Å². The molecule has 3 heterocycles. The predicted octanol–water partition coefficient (Wildman–Crippen LogP) is 4.67. The van der Waals surface area contributed by atoms with Crippen molar-refractivity contribution in [1.29, 1.82) is 5.26 Å². The molecule has 2 aliphatic carbocycles. The molecule has 158 valence electrons. The van der Waals surface area contributed by atoms with E-state index in [0.29, 0.717) is 16.5 Å². The second kappa shape index (κ2) is 6.00. The largest absolute Gasteiger partial charge is 0.494 e. The first kappa shape index (κ1) is 19.4. The number of nitriles is 1. The Bertz CT molecular complexity index is 1080. The van der Waals surface area contributed by atoms with E-state index in [1.54, 1.807) is 18.3 Å². The van der Waals surface area contributed by atoms with Crippen molar-refractivity contribution in [2.75, 3.05) is 7.11 Å². The van der Waals surface area contributed by atoms with Gasteiger partial charge in [0.05, 0.1) is 24.0 Å².